The number of nitro benzene ring substituents is 1. The van der Waals surface area contributed by atoms with Gasteiger partial charge < -0.3 is 5.32 Å². The number of nitrogens with one attached hydrogen (secondary N) is 1. The van der Waals surface area contributed by atoms with Gasteiger partial charge in [0.05, 0.1) is 4.92 Å². The molecule has 0 heterocycles. The van der Waals surface area contributed by atoms with Gasteiger partial charge in [0.2, 0.25) is 0 Å². The third kappa shape index (κ3) is 4.34. The topological polar surface area (TPSA) is 55.2 Å². The van der Waals surface area contributed by atoms with Crippen LogP contribution in [0.3, 0.4) is 0 Å². The van der Waals surface area contributed by atoms with Crippen molar-refractivity contribution in [1.82, 2.24) is 0 Å². The summed E-state index contributed by atoms with van der Waals surface area (Å²) in [4.78, 5) is 9.91. The van der Waals surface area contributed by atoms with Crippen molar-refractivity contribution in [3.8, 4) is 0 Å². The molecule has 0 spiro atoms. The van der Waals surface area contributed by atoms with Crippen molar-refractivity contribution in [2.24, 2.45) is 0 Å². The lowest BCUT2D eigenvalue weighted by Crippen LogP contribution is -2.26. The summed E-state index contributed by atoms with van der Waals surface area (Å²) in [5.41, 5.74) is -0.432. The molecule has 0 aromatic heterocycles. The molecule has 106 valence electrons. The number of thioether (sulfide) groups is 1. The fraction of sp³-hybridized carbons (Fsp3) is 0.500. The maximum atomic E-state index is 12.9. The average molecular weight is 290 g/mol. The van der Waals surface area contributed by atoms with Gasteiger partial charge in [-0.2, -0.15) is 11.8 Å². The molecule has 1 rings (SSSR count). The summed E-state index contributed by atoms with van der Waals surface area (Å²) >= 11 is 1.61. The van der Waals surface area contributed by atoms with E-state index >= 15 is 0 Å². The molecule has 0 bridgehead atoms. The second kappa shape index (κ2) is 6.18. The first-order chi connectivity index (χ1) is 8.76. The van der Waals surface area contributed by atoms with Crippen LogP contribution in [0.4, 0.5) is 20.2 Å². The van der Waals surface area contributed by atoms with E-state index in [0.717, 1.165) is 6.07 Å². The number of rotatable bonds is 6. The van der Waals surface area contributed by atoms with Crippen molar-refractivity contribution >= 4 is 23.1 Å². The largest absolute Gasteiger partial charge is 0.383 e. The van der Waals surface area contributed by atoms with E-state index in [1.165, 1.54) is 12.1 Å². The molecular formula is C12H16F2N2O2S. The van der Waals surface area contributed by atoms with Gasteiger partial charge in [0.1, 0.15) is 0 Å². The van der Waals surface area contributed by atoms with Crippen molar-refractivity contribution in [3.05, 3.63) is 33.9 Å². The Morgan fingerprint density at radius 2 is 2.11 bits per heavy atom. The Morgan fingerprint density at radius 1 is 1.47 bits per heavy atom. The summed E-state index contributed by atoms with van der Waals surface area (Å²) in [6.07, 6.45) is -0.814. The molecular weight excluding hydrogens is 274 g/mol. The number of anilines is 1. The summed E-state index contributed by atoms with van der Waals surface area (Å²) in [6.45, 7) is 4.46. The van der Waals surface area contributed by atoms with Crippen LogP contribution >= 0.6 is 11.8 Å². The highest BCUT2D eigenvalue weighted by Crippen LogP contribution is 2.31. The van der Waals surface area contributed by atoms with E-state index < -0.39 is 11.3 Å². The normalized spacial score (nSPS) is 11.7. The number of hydrogen-bond acceptors (Lipinski definition) is 4. The second-order valence-electron chi connectivity index (χ2n) is 4.65. The first-order valence-electron chi connectivity index (χ1n) is 5.62. The first kappa shape index (κ1) is 15.7. The standard InChI is InChI=1S/C12H16F2N2O2S/c1-12(2,19-3)7-15-10-5-4-8(16(17)18)6-9(10)11(13)14/h4-6,11,15H,7H2,1-3H3. The van der Waals surface area contributed by atoms with Crippen LogP contribution in [-0.4, -0.2) is 22.5 Å². The van der Waals surface area contributed by atoms with Gasteiger partial charge in [0.25, 0.3) is 12.1 Å². The Labute approximate surface area is 114 Å². The van der Waals surface area contributed by atoms with Crippen LogP contribution < -0.4 is 5.32 Å². The van der Waals surface area contributed by atoms with E-state index in [1.54, 1.807) is 11.8 Å². The summed E-state index contributed by atoms with van der Waals surface area (Å²) in [7, 11) is 0. The Bertz CT molecular complexity index is 467. The third-order valence-electron chi connectivity index (χ3n) is 2.74. The molecule has 0 unspecified atom stereocenters. The maximum Gasteiger partial charge on any atom is 0.270 e. The lowest BCUT2D eigenvalue weighted by Gasteiger charge is -2.23. The SMILES string of the molecule is CSC(C)(C)CNc1ccc([N+](=O)[O-])cc1C(F)F. The molecule has 0 atom stereocenters. The molecule has 1 N–H and O–H groups in total. The van der Waals surface area contributed by atoms with E-state index in [0.29, 0.717) is 6.54 Å². The predicted octanol–water partition coefficient (Wildman–Crippen LogP) is 4.09. The minimum absolute atomic E-state index is 0.110. The lowest BCUT2D eigenvalue weighted by molar-refractivity contribution is -0.385. The Hall–Kier alpha value is -1.37. The molecule has 0 radical (unpaired) electrons. The summed E-state index contributed by atoms with van der Waals surface area (Å²) < 4.78 is 25.7. The van der Waals surface area contributed by atoms with Gasteiger partial charge in [-0.3, -0.25) is 10.1 Å². The van der Waals surface area contributed by atoms with Gasteiger partial charge >= 0.3 is 0 Å². The van der Waals surface area contributed by atoms with Crippen LogP contribution in [0.5, 0.6) is 0 Å². The van der Waals surface area contributed by atoms with Gasteiger partial charge in [-0.05, 0) is 26.2 Å². The molecule has 0 saturated heterocycles. The van der Waals surface area contributed by atoms with Crippen LogP contribution in [-0.2, 0) is 0 Å². The first-order valence-corrected chi connectivity index (χ1v) is 6.85. The van der Waals surface area contributed by atoms with Crippen LogP contribution in [0.1, 0.15) is 25.8 Å². The van der Waals surface area contributed by atoms with Crippen molar-refractivity contribution in [3.63, 3.8) is 0 Å². The van der Waals surface area contributed by atoms with Crippen LogP contribution in [0.25, 0.3) is 0 Å². The molecule has 19 heavy (non-hydrogen) atoms. The number of alkyl halides is 2. The monoisotopic (exact) mass is 290 g/mol. The number of benzene rings is 1. The molecule has 0 aliphatic carbocycles. The smallest absolute Gasteiger partial charge is 0.270 e. The zero-order valence-electron chi connectivity index (χ0n) is 10.9. The van der Waals surface area contributed by atoms with Crippen molar-refractivity contribution in [2.45, 2.75) is 25.0 Å². The molecule has 0 aliphatic rings. The number of non-ortho nitro benzene ring substituents is 1. The van der Waals surface area contributed by atoms with Crippen molar-refractivity contribution < 1.29 is 13.7 Å². The molecule has 4 nitrogen and oxygen atoms in total. The number of nitrogens with zero attached hydrogens (tertiary/aromatic N) is 1. The Morgan fingerprint density at radius 3 is 2.58 bits per heavy atom. The summed E-state index contributed by atoms with van der Waals surface area (Å²) in [5.74, 6) is 0. The van der Waals surface area contributed by atoms with Gasteiger partial charge in [0.15, 0.2) is 0 Å². The molecule has 0 amide bonds. The Kier molecular flexibility index (Phi) is 5.11. The quantitative estimate of drug-likeness (QED) is 0.633. The zero-order valence-corrected chi connectivity index (χ0v) is 11.8. The van der Waals surface area contributed by atoms with E-state index in [9.17, 15) is 18.9 Å². The Balaban J connectivity index is 2.97. The fourth-order valence-corrected chi connectivity index (χ4v) is 1.60. The zero-order chi connectivity index (χ0) is 14.6. The van der Waals surface area contributed by atoms with E-state index in [-0.39, 0.29) is 21.7 Å². The molecule has 0 fully saturated rings. The fourth-order valence-electron chi connectivity index (χ4n) is 1.39. The second-order valence-corrected chi connectivity index (χ2v) is 6.16. The molecule has 0 aliphatic heterocycles. The number of halogens is 2. The van der Waals surface area contributed by atoms with Gasteiger partial charge in [-0.1, -0.05) is 0 Å². The van der Waals surface area contributed by atoms with Crippen molar-refractivity contribution in [1.29, 1.82) is 0 Å². The molecule has 0 saturated carbocycles. The van der Waals surface area contributed by atoms with Crippen LogP contribution in [0.2, 0.25) is 0 Å². The number of nitro groups is 1. The molecule has 7 heteroatoms. The van der Waals surface area contributed by atoms with Crippen LogP contribution in [0.15, 0.2) is 18.2 Å². The van der Waals surface area contributed by atoms with Gasteiger partial charge in [0, 0.05) is 34.7 Å². The van der Waals surface area contributed by atoms with Crippen molar-refractivity contribution in [2.75, 3.05) is 18.1 Å². The van der Waals surface area contributed by atoms with Crippen LogP contribution in [0, 0.1) is 10.1 Å². The third-order valence-corrected chi connectivity index (χ3v) is 3.99. The average Bonchev–Trinajstić information content (AvgIpc) is 2.36. The maximum absolute atomic E-state index is 12.9. The summed E-state index contributed by atoms with van der Waals surface area (Å²) in [6, 6.07) is 3.47. The highest BCUT2D eigenvalue weighted by atomic mass is 32.2. The highest BCUT2D eigenvalue weighted by Gasteiger charge is 2.20. The van der Waals surface area contributed by atoms with E-state index in [4.69, 9.17) is 0 Å². The minimum atomic E-state index is -2.75. The minimum Gasteiger partial charge on any atom is -0.383 e. The van der Waals surface area contributed by atoms with Gasteiger partial charge in [-0.15, -0.1) is 0 Å². The van der Waals surface area contributed by atoms with E-state index in [2.05, 4.69) is 5.32 Å². The highest BCUT2D eigenvalue weighted by molar-refractivity contribution is 7.99. The summed E-state index contributed by atoms with van der Waals surface area (Å²) in [5, 5.41) is 13.5. The lowest BCUT2D eigenvalue weighted by atomic mass is 10.1. The van der Waals surface area contributed by atoms with Gasteiger partial charge in [-0.25, -0.2) is 8.78 Å². The van der Waals surface area contributed by atoms with E-state index in [1.807, 2.05) is 20.1 Å². The molecule has 1 aromatic rings. The number of hydrogen-bond donors (Lipinski definition) is 1. The molecule has 1 aromatic carbocycles. The predicted molar refractivity (Wildman–Crippen MR) is 74.1 cm³/mol.